The van der Waals surface area contributed by atoms with Crippen molar-refractivity contribution in [2.75, 3.05) is 32.8 Å². The number of hydrogen-bond acceptors (Lipinski definition) is 3. The standard InChI is InChI=1S/C18H30N2O3/c1-4-6-15-18(2,3)9-5-10-20(15)17(22)8-7-16(21)19-11-13-23-14-12-19/h4,15H,1,5-14H2,2-3H3/t15-/m1/s1. The molecule has 0 bridgehead atoms. The van der Waals surface area contributed by atoms with Crippen LogP contribution in [0.25, 0.3) is 0 Å². The molecule has 1 atom stereocenters. The van der Waals surface area contributed by atoms with Crippen LogP contribution < -0.4 is 0 Å². The van der Waals surface area contributed by atoms with Gasteiger partial charge in [0.25, 0.3) is 0 Å². The van der Waals surface area contributed by atoms with E-state index in [9.17, 15) is 9.59 Å². The van der Waals surface area contributed by atoms with Gasteiger partial charge in [0.1, 0.15) is 0 Å². The van der Waals surface area contributed by atoms with E-state index in [0.717, 1.165) is 25.8 Å². The fraction of sp³-hybridized carbons (Fsp3) is 0.778. The first-order valence-corrected chi connectivity index (χ1v) is 8.71. The molecule has 0 aromatic heterocycles. The monoisotopic (exact) mass is 322 g/mol. The van der Waals surface area contributed by atoms with Crippen LogP contribution in [0.4, 0.5) is 0 Å². The van der Waals surface area contributed by atoms with E-state index in [1.54, 1.807) is 4.90 Å². The van der Waals surface area contributed by atoms with Crippen LogP contribution in [0.3, 0.4) is 0 Å². The summed E-state index contributed by atoms with van der Waals surface area (Å²) in [5.74, 6) is 0.171. The van der Waals surface area contributed by atoms with Crippen molar-refractivity contribution < 1.29 is 14.3 Å². The second-order valence-corrected chi connectivity index (χ2v) is 7.21. The van der Waals surface area contributed by atoms with Crippen LogP contribution in [0.5, 0.6) is 0 Å². The molecule has 2 aliphatic rings. The number of carbonyl (C=O) groups is 2. The summed E-state index contributed by atoms with van der Waals surface area (Å²) in [5, 5.41) is 0. The first-order valence-electron chi connectivity index (χ1n) is 8.71. The molecule has 5 nitrogen and oxygen atoms in total. The average Bonchev–Trinajstić information content (AvgIpc) is 2.55. The van der Waals surface area contributed by atoms with Crippen LogP contribution >= 0.6 is 0 Å². The lowest BCUT2D eigenvalue weighted by Gasteiger charge is -2.46. The van der Waals surface area contributed by atoms with Crippen molar-refractivity contribution in [1.82, 2.24) is 9.80 Å². The number of amides is 2. The van der Waals surface area contributed by atoms with Crippen LogP contribution in [0.1, 0.15) is 46.0 Å². The molecule has 23 heavy (non-hydrogen) atoms. The average molecular weight is 322 g/mol. The zero-order chi connectivity index (χ0) is 16.9. The summed E-state index contributed by atoms with van der Waals surface area (Å²) in [7, 11) is 0. The van der Waals surface area contributed by atoms with Gasteiger partial charge in [0.05, 0.1) is 13.2 Å². The van der Waals surface area contributed by atoms with Gasteiger partial charge in [-0.25, -0.2) is 0 Å². The SMILES string of the molecule is C=CC[C@H]1N(C(=O)CCC(=O)N2CCOCC2)CCCC1(C)C. The normalized spacial score (nSPS) is 24.3. The molecule has 2 rings (SSSR count). The van der Waals surface area contributed by atoms with E-state index in [2.05, 4.69) is 20.4 Å². The minimum absolute atomic E-state index is 0.0678. The van der Waals surface area contributed by atoms with Gasteiger partial charge in [-0.15, -0.1) is 6.58 Å². The van der Waals surface area contributed by atoms with E-state index >= 15 is 0 Å². The van der Waals surface area contributed by atoms with Gasteiger partial charge >= 0.3 is 0 Å². The van der Waals surface area contributed by atoms with Gasteiger partial charge in [-0.3, -0.25) is 9.59 Å². The van der Waals surface area contributed by atoms with Gasteiger partial charge in [0.2, 0.25) is 11.8 Å². The van der Waals surface area contributed by atoms with Crippen molar-refractivity contribution >= 4 is 11.8 Å². The van der Waals surface area contributed by atoms with Crippen molar-refractivity contribution in [3.63, 3.8) is 0 Å². The highest BCUT2D eigenvalue weighted by atomic mass is 16.5. The maximum absolute atomic E-state index is 12.7. The number of morpholine rings is 1. The summed E-state index contributed by atoms with van der Waals surface area (Å²) < 4.78 is 5.26. The third kappa shape index (κ3) is 4.56. The lowest BCUT2D eigenvalue weighted by molar-refractivity contribution is -0.143. The van der Waals surface area contributed by atoms with Gasteiger partial charge in [0, 0.05) is 38.5 Å². The molecule has 2 amide bonds. The molecule has 2 fully saturated rings. The van der Waals surface area contributed by atoms with Crippen molar-refractivity contribution in [3.8, 4) is 0 Å². The van der Waals surface area contributed by atoms with Gasteiger partial charge in [0.15, 0.2) is 0 Å². The fourth-order valence-corrected chi connectivity index (χ4v) is 3.68. The molecule has 2 saturated heterocycles. The van der Waals surface area contributed by atoms with Gasteiger partial charge in [-0.05, 0) is 24.7 Å². The smallest absolute Gasteiger partial charge is 0.223 e. The van der Waals surface area contributed by atoms with Gasteiger partial charge in [-0.2, -0.15) is 0 Å². The molecule has 5 heteroatoms. The Kier molecular flexibility index (Phi) is 6.22. The molecule has 2 aliphatic heterocycles. The Labute approximate surface area is 139 Å². The van der Waals surface area contributed by atoms with E-state index in [1.165, 1.54) is 0 Å². The largest absolute Gasteiger partial charge is 0.378 e. The Morgan fingerprint density at radius 2 is 1.83 bits per heavy atom. The van der Waals surface area contributed by atoms with E-state index in [4.69, 9.17) is 4.74 Å². The third-order valence-corrected chi connectivity index (χ3v) is 5.13. The summed E-state index contributed by atoms with van der Waals surface area (Å²) in [6.45, 7) is 11.6. The molecule has 0 spiro atoms. The number of likely N-dealkylation sites (tertiary alicyclic amines) is 1. The number of hydrogen-bond donors (Lipinski definition) is 0. The highest BCUT2D eigenvalue weighted by molar-refractivity contribution is 5.84. The van der Waals surface area contributed by atoms with E-state index in [-0.39, 0.29) is 23.3 Å². The zero-order valence-corrected chi connectivity index (χ0v) is 14.6. The summed E-state index contributed by atoms with van der Waals surface area (Å²) >= 11 is 0. The lowest BCUT2D eigenvalue weighted by atomic mass is 9.75. The Balaban J connectivity index is 1.90. The zero-order valence-electron chi connectivity index (χ0n) is 14.6. The Hall–Kier alpha value is -1.36. The first-order chi connectivity index (χ1) is 11.0. The summed E-state index contributed by atoms with van der Waals surface area (Å²) in [5.41, 5.74) is 0.107. The maximum atomic E-state index is 12.7. The van der Waals surface area contributed by atoms with Crippen LogP contribution in [-0.2, 0) is 14.3 Å². The van der Waals surface area contributed by atoms with Crippen LogP contribution in [-0.4, -0.2) is 60.5 Å². The molecule has 0 aromatic rings. The van der Waals surface area contributed by atoms with E-state index in [1.807, 2.05) is 11.0 Å². The molecule has 0 radical (unpaired) electrons. The number of carbonyl (C=O) groups excluding carboxylic acids is 2. The summed E-state index contributed by atoms with van der Waals surface area (Å²) in [4.78, 5) is 28.6. The summed E-state index contributed by atoms with van der Waals surface area (Å²) in [6.07, 6.45) is 5.48. The van der Waals surface area contributed by atoms with Crippen molar-refractivity contribution in [2.24, 2.45) is 5.41 Å². The van der Waals surface area contributed by atoms with E-state index in [0.29, 0.717) is 39.1 Å². The maximum Gasteiger partial charge on any atom is 0.223 e. The molecule has 2 heterocycles. The van der Waals surface area contributed by atoms with Crippen molar-refractivity contribution in [2.45, 2.75) is 52.0 Å². The molecule has 0 aliphatic carbocycles. The van der Waals surface area contributed by atoms with E-state index < -0.39 is 0 Å². The fourth-order valence-electron chi connectivity index (χ4n) is 3.68. The number of nitrogens with zero attached hydrogens (tertiary/aromatic N) is 2. The molecular weight excluding hydrogens is 292 g/mol. The van der Waals surface area contributed by atoms with Crippen LogP contribution in [0.2, 0.25) is 0 Å². The highest BCUT2D eigenvalue weighted by Gasteiger charge is 2.38. The number of rotatable bonds is 5. The molecule has 130 valence electrons. The molecular formula is C18H30N2O3. The Bertz CT molecular complexity index is 442. The molecule has 0 saturated carbocycles. The number of piperidine rings is 1. The molecule has 0 N–H and O–H groups in total. The number of ether oxygens (including phenoxy) is 1. The third-order valence-electron chi connectivity index (χ3n) is 5.13. The molecule has 0 unspecified atom stereocenters. The van der Waals surface area contributed by atoms with Crippen LogP contribution in [0, 0.1) is 5.41 Å². The van der Waals surface area contributed by atoms with Gasteiger partial charge < -0.3 is 14.5 Å². The van der Waals surface area contributed by atoms with Crippen LogP contribution in [0.15, 0.2) is 12.7 Å². The Morgan fingerprint density at radius 1 is 1.17 bits per heavy atom. The summed E-state index contributed by atoms with van der Waals surface area (Å²) in [6, 6.07) is 0.194. The second-order valence-electron chi connectivity index (χ2n) is 7.21. The minimum Gasteiger partial charge on any atom is -0.378 e. The first kappa shape index (κ1) is 18.0. The van der Waals surface area contributed by atoms with Crippen molar-refractivity contribution in [3.05, 3.63) is 12.7 Å². The predicted octanol–water partition coefficient (Wildman–Crippen LogP) is 2.22. The minimum atomic E-state index is 0.0678. The Morgan fingerprint density at radius 3 is 2.48 bits per heavy atom. The molecule has 0 aromatic carbocycles. The highest BCUT2D eigenvalue weighted by Crippen LogP contribution is 2.37. The quantitative estimate of drug-likeness (QED) is 0.729. The predicted molar refractivity (Wildman–Crippen MR) is 90.0 cm³/mol. The topological polar surface area (TPSA) is 49.9 Å². The van der Waals surface area contributed by atoms with Gasteiger partial charge in [-0.1, -0.05) is 19.9 Å². The van der Waals surface area contributed by atoms with Crippen molar-refractivity contribution in [1.29, 1.82) is 0 Å². The lowest BCUT2D eigenvalue weighted by Crippen LogP contribution is -2.52. The second kappa shape index (κ2) is 7.95.